The summed E-state index contributed by atoms with van der Waals surface area (Å²) < 4.78 is 4.79. The Labute approximate surface area is 285 Å². The Morgan fingerprint density at radius 2 is 0.957 bits per heavy atom. The number of carbonyl (C=O) groups is 1. The van der Waals surface area contributed by atoms with E-state index in [1.807, 2.05) is 0 Å². The smallest absolute Gasteiger partial charge is 0.305 e. The molecule has 0 saturated carbocycles. The number of ether oxygens (including phenoxy) is 1. The van der Waals surface area contributed by atoms with Crippen molar-refractivity contribution in [2.24, 2.45) is 0 Å². The van der Waals surface area contributed by atoms with Gasteiger partial charge in [0, 0.05) is 19.5 Å². The summed E-state index contributed by atoms with van der Waals surface area (Å²) >= 11 is 0. The maximum atomic E-state index is 11.6. The minimum Gasteiger partial charge on any atom is -0.469 e. The molecule has 0 rings (SSSR count). The number of nitrogens with zero attached hydrogens (tertiary/aromatic N) is 1. The predicted octanol–water partition coefficient (Wildman–Crippen LogP) is 10.8. The lowest BCUT2D eigenvalue weighted by Crippen LogP contribution is -2.39. The van der Waals surface area contributed by atoms with E-state index in [2.05, 4.69) is 67.4 Å². The number of aliphatic hydroxyl groups excluding tert-OH is 2. The second-order valence-electron chi connectivity index (χ2n) is 13.1. The Kier molecular flexibility index (Phi) is 34.8. The normalized spacial score (nSPS) is 13.7. The van der Waals surface area contributed by atoms with E-state index in [0.29, 0.717) is 32.5 Å². The standard InChI is InChI=1S/C41H75NO4/c1-4-6-8-10-12-14-16-18-20-22-24-26-28-30-33-39(43)37-42(36-32-35-41(45)46-3)38-40(44)34-31-29-27-25-23-21-19-17-15-13-11-9-7-5-2/h12-15,18-21,39-40,43-44H,4-11,16-17,22-38H2,1-3H3/b14-12-,15-13-,20-18-,21-19-. The summed E-state index contributed by atoms with van der Waals surface area (Å²) in [6.45, 7) is 6.27. The Balaban J connectivity index is 4.13. The maximum Gasteiger partial charge on any atom is 0.305 e. The number of aliphatic hydroxyl groups is 2. The molecule has 0 amide bonds. The highest BCUT2D eigenvalue weighted by atomic mass is 16.5. The van der Waals surface area contributed by atoms with Gasteiger partial charge in [-0.15, -0.1) is 0 Å². The molecule has 0 aliphatic rings. The van der Waals surface area contributed by atoms with Crippen molar-refractivity contribution < 1.29 is 19.7 Å². The summed E-state index contributed by atoms with van der Waals surface area (Å²) in [4.78, 5) is 13.7. The van der Waals surface area contributed by atoms with Crippen LogP contribution in [0.1, 0.15) is 168 Å². The van der Waals surface area contributed by atoms with Crippen LogP contribution in [0.15, 0.2) is 48.6 Å². The highest BCUT2D eigenvalue weighted by molar-refractivity contribution is 5.69. The molecular formula is C41H75NO4. The largest absolute Gasteiger partial charge is 0.469 e. The zero-order valence-electron chi connectivity index (χ0n) is 30.5. The molecule has 0 aliphatic carbocycles. The van der Waals surface area contributed by atoms with Gasteiger partial charge in [-0.25, -0.2) is 0 Å². The molecule has 0 spiro atoms. The third kappa shape index (κ3) is 33.7. The molecule has 0 radical (unpaired) electrons. The lowest BCUT2D eigenvalue weighted by Gasteiger charge is -2.27. The number of methoxy groups -OCH3 is 1. The number of hydrogen-bond acceptors (Lipinski definition) is 5. The first-order valence-electron chi connectivity index (χ1n) is 19.3. The minimum absolute atomic E-state index is 0.205. The summed E-state index contributed by atoms with van der Waals surface area (Å²) in [5, 5.41) is 21.5. The van der Waals surface area contributed by atoms with Gasteiger partial charge in [0.05, 0.1) is 19.3 Å². The van der Waals surface area contributed by atoms with Crippen LogP contribution in [0, 0.1) is 0 Å². The highest BCUT2D eigenvalue weighted by Gasteiger charge is 2.16. The molecule has 0 fully saturated rings. The van der Waals surface area contributed by atoms with E-state index in [1.54, 1.807) is 0 Å². The van der Waals surface area contributed by atoms with Crippen LogP contribution in [0.2, 0.25) is 0 Å². The fourth-order valence-corrected chi connectivity index (χ4v) is 5.61. The van der Waals surface area contributed by atoms with Gasteiger partial charge < -0.3 is 14.9 Å². The highest BCUT2D eigenvalue weighted by Crippen LogP contribution is 2.13. The molecule has 5 heteroatoms. The van der Waals surface area contributed by atoms with Crippen LogP contribution in [-0.2, 0) is 9.53 Å². The van der Waals surface area contributed by atoms with Gasteiger partial charge in [-0.05, 0) is 90.0 Å². The van der Waals surface area contributed by atoms with Crippen LogP contribution < -0.4 is 0 Å². The van der Waals surface area contributed by atoms with Crippen LogP contribution in [0.5, 0.6) is 0 Å². The molecule has 5 nitrogen and oxygen atoms in total. The average Bonchev–Trinajstić information content (AvgIpc) is 3.04. The number of carbonyl (C=O) groups excluding carboxylic acids is 1. The molecule has 2 N–H and O–H groups in total. The lowest BCUT2D eigenvalue weighted by molar-refractivity contribution is -0.140. The fourth-order valence-electron chi connectivity index (χ4n) is 5.61. The van der Waals surface area contributed by atoms with Gasteiger partial charge >= 0.3 is 5.97 Å². The summed E-state index contributed by atoms with van der Waals surface area (Å²) in [7, 11) is 1.42. The molecule has 0 aromatic rings. The van der Waals surface area contributed by atoms with E-state index in [1.165, 1.54) is 84.2 Å². The number of allylic oxidation sites excluding steroid dienone is 8. The Bertz CT molecular complexity index is 708. The maximum absolute atomic E-state index is 11.6. The molecule has 0 saturated heterocycles. The molecule has 0 aliphatic heterocycles. The molecular weight excluding hydrogens is 570 g/mol. The van der Waals surface area contributed by atoms with Crippen molar-refractivity contribution in [2.45, 2.75) is 180 Å². The minimum atomic E-state index is -0.404. The number of hydrogen-bond donors (Lipinski definition) is 2. The van der Waals surface area contributed by atoms with E-state index in [0.717, 1.165) is 64.2 Å². The third-order valence-electron chi connectivity index (χ3n) is 8.50. The SMILES string of the molecule is CCCCC/C=C\C/C=C\CCCCCCC(O)CN(CCCC(=O)OC)CC(O)CCCCCC/C=C\C/C=C\CCCCC. The van der Waals surface area contributed by atoms with Crippen LogP contribution >= 0.6 is 0 Å². The molecule has 46 heavy (non-hydrogen) atoms. The monoisotopic (exact) mass is 646 g/mol. The van der Waals surface area contributed by atoms with Crippen molar-refractivity contribution in [3.8, 4) is 0 Å². The summed E-state index contributed by atoms with van der Waals surface area (Å²) in [5.74, 6) is -0.205. The molecule has 268 valence electrons. The van der Waals surface area contributed by atoms with Gasteiger partial charge in [0.1, 0.15) is 0 Å². The Hall–Kier alpha value is -1.69. The molecule has 0 heterocycles. The molecule has 0 aromatic heterocycles. The first kappa shape index (κ1) is 44.3. The van der Waals surface area contributed by atoms with E-state index < -0.39 is 12.2 Å². The zero-order valence-corrected chi connectivity index (χ0v) is 30.5. The van der Waals surface area contributed by atoms with Crippen molar-refractivity contribution in [3.05, 3.63) is 48.6 Å². The molecule has 2 atom stereocenters. The van der Waals surface area contributed by atoms with Crippen LogP contribution in [-0.4, -0.2) is 60.0 Å². The molecule has 2 unspecified atom stereocenters. The van der Waals surface area contributed by atoms with E-state index in [-0.39, 0.29) is 5.97 Å². The van der Waals surface area contributed by atoms with Gasteiger partial charge in [0.2, 0.25) is 0 Å². The number of rotatable bonds is 34. The Morgan fingerprint density at radius 1 is 0.565 bits per heavy atom. The second kappa shape index (κ2) is 36.2. The van der Waals surface area contributed by atoms with Crippen molar-refractivity contribution in [2.75, 3.05) is 26.7 Å². The van der Waals surface area contributed by atoms with Gasteiger partial charge in [0.15, 0.2) is 0 Å². The number of unbranched alkanes of at least 4 members (excludes halogenated alkanes) is 14. The zero-order chi connectivity index (χ0) is 33.8. The van der Waals surface area contributed by atoms with Crippen molar-refractivity contribution in [1.82, 2.24) is 4.90 Å². The summed E-state index contributed by atoms with van der Waals surface area (Å²) in [6, 6.07) is 0. The van der Waals surface area contributed by atoms with E-state index in [4.69, 9.17) is 4.74 Å². The van der Waals surface area contributed by atoms with Crippen molar-refractivity contribution >= 4 is 5.97 Å². The quantitative estimate of drug-likeness (QED) is 0.0414. The summed E-state index contributed by atoms with van der Waals surface area (Å²) in [5.41, 5.74) is 0. The molecule has 0 bridgehead atoms. The average molecular weight is 646 g/mol. The van der Waals surface area contributed by atoms with Crippen molar-refractivity contribution in [1.29, 1.82) is 0 Å². The third-order valence-corrected chi connectivity index (χ3v) is 8.50. The fraction of sp³-hybridized carbons (Fsp3) is 0.780. The van der Waals surface area contributed by atoms with Crippen LogP contribution in [0.4, 0.5) is 0 Å². The lowest BCUT2D eigenvalue weighted by atomic mass is 10.1. The van der Waals surface area contributed by atoms with Gasteiger partial charge in [0.25, 0.3) is 0 Å². The summed E-state index contributed by atoms with van der Waals surface area (Å²) in [6.07, 6.45) is 43.8. The predicted molar refractivity (Wildman–Crippen MR) is 199 cm³/mol. The van der Waals surface area contributed by atoms with E-state index >= 15 is 0 Å². The number of esters is 1. The van der Waals surface area contributed by atoms with Gasteiger partial charge in [-0.2, -0.15) is 0 Å². The van der Waals surface area contributed by atoms with Crippen molar-refractivity contribution in [3.63, 3.8) is 0 Å². The van der Waals surface area contributed by atoms with Gasteiger partial charge in [-0.3, -0.25) is 9.69 Å². The molecule has 0 aromatic carbocycles. The van der Waals surface area contributed by atoms with Crippen LogP contribution in [0.25, 0.3) is 0 Å². The topological polar surface area (TPSA) is 70.0 Å². The Morgan fingerprint density at radius 3 is 1.35 bits per heavy atom. The first-order valence-corrected chi connectivity index (χ1v) is 19.3. The van der Waals surface area contributed by atoms with Gasteiger partial charge in [-0.1, -0.05) is 127 Å². The van der Waals surface area contributed by atoms with Crippen LogP contribution in [0.3, 0.4) is 0 Å². The first-order chi connectivity index (χ1) is 22.5. The van der Waals surface area contributed by atoms with E-state index in [9.17, 15) is 15.0 Å². The second-order valence-corrected chi connectivity index (χ2v) is 13.1.